The molecule has 0 radical (unpaired) electrons. The van der Waals surface area contributed by atoms with Crippen LogP contribution in [0.1, 0.15) is 5.56 Å². The first-order chi connectivity index (χ1) is 7.88. The van der Waals surface area contributed by atoms with Crippen LogP contribution in [0, 0.1) is 0 Å². The molecule has 5 heteroatoms. The molecule has 0 aliphatic carbocycles. The van der Waals surface area contributed by atoms with Crippen LogP contribution in [-0.2, 0) is 6.67 Å². The van der Waals surface area contributed by atoms with Crippen LogP contribution in [0.4, 0.5) is 15.8 Å². The van der Waals surface area contributed by atoms with Gasteiger partial charge in [-0.15, -0.1) is 24.8 Å². The van der Waals surface area contributed by atoms with E-state index in [-0.39, 0.29) is 24.8 Å². The molecule has 0 fully saturated rings. The molecule has 96 valence electrons. The summed E-state index contributed by atoms with van der Waals surface area (Å²) >= 11 is 1.68. The standard InChI is InChI=1S/C13H10FNS.2ClH/c14-8-9-4-3-7-12-13(9)15-10-5-1-2-6-11(10)16-12;;/h1-7,15H,8H2;2*1H. The highest BCUT2D eigenvalue weighted by molar-refractivity contribution is 7.99. The molecule has 2 aromatic carbocycles. The number of rotatable bonds is 1. The van der Waals surface area contributed by atoms with Gasteiger partial charge >= 0.3 is 0 Å². The summed E-state index contributed by atoms with van der Waals surface area (Å²) in [5, 5.41) is 3.30. The molecule has 0 unspecified atom stereocenters. The zero-order chi connectivity index (χ0) is 11.0. The van der Waals surface area contributed by atoms with Crippen molar-refractivity contribution >= 4 is 48.0 Å². The van der Waals surface area contributed by atoms with Crippen LogP contribution in [0.2, 0.25) is 0 Å². The Morgan fingerprint density at radius 3 is 2.44 bits per heavy atom. The largest absolute Gasteiger partial charge is 0.353 e. The van der Waals surface area contributed by atoms with E-state index in [1.807, 2.05) is 36.4 Å². The van der Waals surface area contributed by atoms with Crippen molar-refractivity contribution in [2.75, 3.05) is 5.32 Å². The summed E-state index contributed by atoms with van der Waals surface area (Å²) in [7, 11) is 0. The minimum Gasteiger partial charge on any atom is -0.353 e. The third-order valence-corrected chi connectivity index (χ3v) is 3.76. The highest BCUT2D eigenvalue weighted by atomic mass is 35.5. The van der Waals surface area contributed by atoms with Crippen LogP contribution >= 0.6 is 36.6 Å². The molecular weight excluding hydrogens is 292 g/mol. The molecule has 0 amide bonds. The Bertz CT molecular complexity index is 548. The first-order valence-corrected chi connectivity index (χ1v) is 5.92. The minimum absolute atomic E-state index is 0. The molecule has 1 aliphatic heterocycles. The van der Waals surface area contributed by atoms with E-state index in [4.69, 9.17) is 0 Å². The van der Waals surface area contributed by atoms with Gasteiger partial charge in [0.2, 0.25) is 0 Å². The van der Waals surface area contributed by atoms with Crippen molar-refractivity contribution in [3.63, 3.8) is 0 Å². The number of nitrogens with one attached hydrogen (secondary N) is 1. The van der Waals surface area contributed by atoms with Crippen LogP contribution in [0.15, 0.2) is 52.3 Å². The summed E-state index contributed by atoms with van der Waals surface area (Å²) in [5.41, 5.74) is 2.69. The molecule has 3 rings (SSSR count). The second-order valence-electron chi connectivity index (χ2n) is 3.65. The molecule has 1 nitrogen and oxygen atoms in total. The first kappa shape index (κ1) is 15.2. The van der Waals surface area contributed by atoms with Crippen molar-refractivity contribution in [2.45, 2.75) is 16.5 Å². The number of fused-ring (bicyclic) bond motifs is 2. The molecule has 0 spiro atoms. The zero-order valence-electron chi connectivity index (χ0n) is 9.35. The van der Waals surface area contributed by atoms with Crippen LogP contribution in [0.3, 0.4) is 0 Å². The lowest BCUT2D eigenvalue weighted by molar-refractivity contribution is 0.486. The summed E-state index contributed by atoms with van der Waals surface area (Å²) in [6.45, 7) is -0.432. The lowest BCUT2D eigenvalue weighted by atomic mass is 10.1. The van der Waals surface area contributed by atoms with Crippen LogP contribution in [0.5, 0.6) is 0 Å². The lowest BCUT2D eigenvalue weighted by Crippen LogP contribution is -2.02. The molecule has 18 heavy (non-hydrogen) atoms. The van der Waals surface area contributed by atoms with E-state index in [0.29, 0.717) is 0 Å². The number of alkyl halides is 1. The Kier molecular flexibility index (Phi) is 5.32. The van der Waals surface area contributed by atoms with Crippen molar-refractivity contribution in [3.8, 4) is 0 Å². The van der Waals surface area contributed by atoms with Gasteiger partial charge in [0.25, 0.3) is 0 Å². The fourth-order valence-electron chi connectivity index (χ4n) is 1.83. The Balaban J connectivity index is 0.000000810. The average Bonchev–Trinajstić information content (AvgIpc) is 2.35. The number of benzene rings is 2. The lowest BCUT2D eigenvalue weighted by Gasteiger charge is -2.22. The van der Waals surface area contributed by atoms with E-state index in [2.05, 4.69) is 11.4 Å². The van der Waals surface area contributed by atoms with Crippen molar-refractivity contribution in [3.05, 3.63) is 48.0 Å². The molecule has 1 heterocycles. The summed E-state index contributed by atoms with van der Waals surface area (Å²) in [6, 6.07) is 13.8. The molecule has 1 N–H and O–H groups in total. The van der Waals surface area contributed by atoms with Gasteiger partial charge < -0.3 is 5.32 Å². The Morgan fingerprint density at radius 2 is 1.67 bits per heavy atom. The first-order valence-electron chi connectivity index (χ1n) is 5.10. The number of hydrogen-bond acceptors (Lipinski definition) is 2. The van der Waals surface area contributed by atoms with Gasteiger partial charge in [0.1, 0.15) is 6.67 Å². The SMILES string of the molecule is Cl.Cl.FCc1cccc2c1Nc1ccccc1S2. The molecule has 0 aromatic heterocycles. The fourth-order valence-corrected chi connectivity index (χ4v) is 2.87. The Hall–Kier alpha value is -0.900. The third-order valence-electron chi connectivity index (χ3n) is 2.62. The number of para-hydroxylation sites is 2. The van der Waals surface area contributed by atoms with Crippen LogP contribution in [0.25, 0.3) is 0 Å². The highest BCUT2D eigenvalue weighted by Gasteiger charge is 2.17. The maximum Gasteiger partial charge on any atom is 0.117 e. The van der Waals surface area contributed by atoms with E-state index in [1.165, 1.54) is 4.90 Å². The van der Waals surface area contributed by atoms with E-state index in [0.717, 1.165) is 21.8 Å². The summed E-state index contributed by atoms with van der Waals surface area (Å²) in [6.07, 6.45) is 0. The quantitative estimate of drug-likeness (QED) is 0.662. The second-order valence-corrected chi connectivity index (χ2v) is 4.73. The van der Waals surface area contributed by atoms with E-state index in [1.54, 1.807) is 11.8 Å². The number of halogens is 3. The van der Waals surface area contributed by atoms with Crippen LogP contribution < -0.4 is 5.32 Å². The van der Waals surface area contributed by atoms with E-state index < -0.39 is 6.67 Å². The topological polar surface area (TPSA) is 12.0 Å². The molecule has 0 bridgehead atoms. The highest BCUT2D eigenvalue weighted by Crippen LogP contribution is 2.45. The van der Waals surface area contributed by atoms with Gasteiger partial charge in [-0.2, -0.15) is 0 Å². The predicted molar refractivity (Wildman–Crippen MR) is 79.6 cm³/mol. The third kappa shape index (κ3) is 2.58. The maximum atomic E-state index is 12.8. The molecule has 1 aliphatic rings. The zero-order valence-corrected chi connectivity index (χ0v) is 11.8. The monoisotopic (exact) mass is 303 g/mol. The van der Waals surface area contributed by atoms with Gasteiger partial charge in [0, 0.05) is 15.4 Å². The van der Waals surface area contributed by atoms with Crippen LogP contribution in [-0.4, -0.2) is 0 Å². The van der Waals surface area contributed by atoms with Gasteiger partial charge in [-0.25, -0.2) is 4.39 Å². The number of hydrogen-bond donors (Lipinski definition) is 1. The van der Waals surface area contributed by atoms with Gasteiger partial charge in [-0.1, -0.05) is 36.0 Å². The average molecular weight is 304 g/mol. The predicted octanol–water partition coefficient (Wildman–Crippen LogP) is 5.21. The number of anilines is 2. The normalized spacial score (nSPS) is 11.2. The maximum absolute atomic E-state index is 12.8. The molecule has 0 saturated heterocycles. The van der Waals surface area contributed by atoms with Crippen molar-refractivity contribution in [1.29, 1.82) is 0 Å². The second kappa shape index (κ2) is 6.32. The van der Waals surface area contributed by atoms with Crippen molar-refractivity contribution < 1.29 is 4.39 Å². The van der Waals surface area contributed by atoms with Crippen molar-refractivity contribution in [2.24, 2.45) is 0 Å². The summed E-state index contributed by atoms with van der Waals surface area (Å²) in [4.78, 5) is 2.28. The van der Waals surface area contributed by atoms with Gasteiger partial charge in [0.05, 0.1) is 11.4 Å². The van der Waals surface area contributed by atoms with E-state index >= 15 is 0 Å². The molecule has 0 atom stereocenters. The van der Waals surface area contributed by atoms with Crippen molar-refractivity contribution in [1.82, 2.24) is 0 Å². The molecular formula is C13H12Cl2FNS. The Labute approximate surface area is 122 Å². The van der Waals surface area contributed by atoms with E-state index in [9.17, 15) is 4.39 Å². The smallest absolute Gasteiger partial charge is 0.117 e. The fraction of sp³-hybridized carbons (Fsp3) is 0.0769. The van der Waals surface area contributed by atoms with Gasteiger partial charge in [0.15, 0.2) is 0 Å². The van der Waals surface area contributed by atoms with Gasteiger partial charge in [-0.05, 0) is 18.2 Å². The van der Waals surface area contributed by atoms with Gasteiger partial charge in [-0.3, -0.25) is 0 Å². The molecule has 0 saturated carbocycles. The molecule has 2 aromatic rings. The minimum atomic E-state index is -0.432. The Morgan fingerprint density at radius 1 is 0.944 bits per heavy atom. The summed E-state index contributed by atoms with van der Waals surface area (Å²) < 4.78 is 12.8. The summed E-state index contributed by atoms with van der Waals surface area (Å²) in [5.74, 6) is 0.